The molecule has 0 saturated carbocycles. The van der Waals surface area contributed by atoms with E-state index in [-0.39, 0.29) is 16.1 Å². The second kappa shape index (κ2) is 6.68. The summed E-state index contributed by atoms with van der Waals surface area (Å²) in [5.41, 5.74) is 0.518. The summed E-state index contributed by atoms with van der Waals surface area (Å²) in [6.07, 6.45) is 0. The number of nitrogens with zero attached hydrogens (tertiary/aromatic N) is 4. The first-order valence-corrected chi connectivity index (χ1v) is 7.32. The highest BCUT2D eigenvalue weighted by Crippen LogP contribution is 2.27. The van der Waals surface area contributed by atoms with E-state index < -0.39 is 5.82 Å². The Balaban J connectivity index is 2.32. The van der Waals surface area contributed by atoms with Crippen LogP contribution in [0.15, 0.2) is 12.1 Å². The topological polar surface area (TPSA) is 55.6 Å². The Morgan fingerprint density at radius 1 is 1.24 bits per heavy atom. The van der Waals surface area contributed by atoms with Gasteiger partial charge in [-0.05, 0) is 41.9 Å². The van der Waals surface area contributed by atoms with Crippen LogP contribution in [0, 0.1) is 11.7 Å². The first kappa shape index (κ1) is 16.1. The molecule has 0 aliphatic heterocycles. The molecular weight excluding hydrogens is 316 g/mol. The minimum absolute atomic E-state index is 0.0648. The lowest BCUT2D eigenvalue weighted by molar-refractivity contribution is 0.475. The summed E-state index contributed by atoms with van der Waals surface area (Å²) in [5.74, 6) is 0.462. The summed E-state index contributed by atoms with van der Waals surface area (Å²) < 4.78 is 15.0. The van der Waals surface area contributed by atoms with Crippen LogP contribution in [0.5, 0.6) is 0 Å². The summed E-state index contributed by atoms with van der Waals surface area (Å²) in [6.45, 7) is 7.01. The molecule has 0 amide bonds. The molecule has 0 radical (unpaired) electrons. The van der Waals surface area contributed by atoms with Crippen molar-refractivity contribution < 1.29 is 4.39 Å². The third kappa shape index (κ3) is 3.70. The molecule has 0 spiro atoms. The Labute approximate surface area is 132 Å². The van der Waals surface area contributed by atoms with E-state index in [0.29, 0.717) is 17.4 Å². The largest absolute Gasteiger partial charge is 0.307 e. The highest BCUT2D eigenvalue weighted by molar-refractivity contribution is 6.35. The molecule has 0 bridgehead atoms. The van der Waals surface area contributed by atoms with E-state index in [9.17, 15) is 4.39 Å². The number of halogens is 3. The van der Waals surface area contributed by atoms with E-state index in [1.54, 1.807) is 0 Å². The second-order valence-corrected chi connectivity index (χ2v) is 6.01. The molecule has 0 aliphatic carbocycles. The Morgan fingerprint density at radius 3 is 2.43 bits per heavy atom. The average Bonchev–Trinajstić information content (AvgIpc) is 2.91. The molecule has 1 heterocycles. The molecule has 1 atom stereocenters. The molecule has 1 N–H and O–H groups in total. The van der Waals surface area contributed by atoms with Gasteiger partial charge in [-0.15, -0.1) is 5.10 Å². The maximum Gasteiger partial charge on any atom is 0.173 e. The normalized spacial score (nSPS) is 12.9. The van der Waals surface area contributed by atoms with E-state index in [0.717, 1.165) is 6.54 Å². The maximum absolute atomic E-state index is 13.5. The number of hydrogen-bond acceptors (Lipinski definition) is 4. The zero-order chi connectivity index (χ0) is 15.6. The third-order valence-electron chi connectivity index (χ3n) is 2.93. The predicted octanol–water partition coefficient (Wildman–Crippen LogP) is 3.41. The van der Waals surface area contributed by atoms with Gasteiger partial charge in [0.15, 0.2) is 11.6 Å². The van der Waals surface area contributed by atoms with Crippen LogP contribution in [0.3, 0.4) is 0 Å². The van der Waals surface area contributed by atoms with E-state index in [1.165, 1.54) is 16.8 Å². The Kier molecular flexibility index (Phi) is 5.13. The second-order valence-electron chi connectivity index (χ2n) is 5.20. The molecule has 2 aromatic rings. The van der Waals surface area contributed by atoms with Crippen LogP contribution in [0.1, 0.15) is 32.6 Å². The number of rotatable bonds is 5. The highest BCUT2D eigenvalue weighted by Gasteiger charge is 2.17. The molecule has 1 unspecified atom stereocenters. The fraction of sp³-hybridized carbons (Fsp3) is 0.462. The lowest BCUT2D eigenvalue weighted by Crippen LogP contribution is -2.25. The zero-order valence-corrected chi connectivity index (χ0v) is 13.5. The van der Waals surface area contributed by atoms with Crippen molar-refractivity contribution in [2.45, 2.75) is 26.8 Å². The number of hydrogen-bond donors (Lipinski definition) is 1. The molecule has 1 aromatic carbocycles. The lowest BCUT2D eigenvalue weighted by atomic mass is 10.2. The third-order valence-corrected chi connectivity index (χ3v) is 3.48. The molecule has 114 valence electrons. The van der Waals surface area contributed by atoms with Crippen molar-refractivity contribution in [1.29, 1.82) is 0 Å². The van der Waals surface area contributed by atoms with Gasteiger partial charge in [-0.2, -0.15) is 4.68 Å². The molecule has 21 heavy (non-hydrogen) atoms. The highest BCUT2D eigenvalue weighted by atomic mass is 35.5. The maximum atomic E-state index is 13.5. The van der Waals surface area contributed by atoms with Gasteiger partial charge in [-0.3, -0.25) is 0 Å². The van der Waals surface area contributed by atoms with E-state index in [1.807, 2.05) is 6.92 Å². The molecule has 5 nitrogen and oxygen atoms in total. The van der Waals surface area contributed by atoms with Gasteiger partial charge in [-0.1, -0.05) is 37.0 Å². The number of aromatic nitrogens is 4. The summed E-state index contributed by atoms with van der Waals surface area (Å²) in [5, 5.41) is 14.8. The summed E-state index contributed by atoms with van der Waals surface area (Å²) in [6, 6.07) is 2.82. The monoisotopic (exact) mass is 331 g/mol. The zero-order valence-electron chi connectivity index (χ0n) is 11.9. The van der Waals surface area contributed by atoms with E-state index >= 15 is 0 Å². The van der Waals surface area contributed by atoms with Crippen molar-refractivity contribution in [3.8, 4) is 5.69 Å². The number of nitrogens with one attached hydrogen (secondary N) is 1. The van der Waals surface area contributed by atoms with Crippen molar-refractivity contribution in [3.05, 3.63) is 33.8 Å². The smallest absolute Gasteiger partial charge is 0.173 e. The fourth-order valence-corrected chi connectivity index (χ4v) is 2.29. The van der Waals surface area contributed by atoms with Crippen molar-refractivity contribution in [3.63, 3.8) is 0 Å². The predicted molar refractivity (Wildman–Crippen MR) is 80.4 cm³/mol. The Hall–Kier alpha value is -1.24. The van der Waals surface area contributed by atoms with Gasteiger partial charge < -0.3 is 5.32 Å². The van der Waals surface area contributed by atoms with Crippen LogP contribution in [0.25, 0.3) is 5.69 Å². The van der Waals surface area contributed by atoms with Gasteiger partial charge in [0, 0.05) is 0 Å². The number of benzene rings is 1. The first-order valence-electron chi connectivity index (χ1n) is 6.56. The molecule has 2 rings (SSSR count). The first-order chi connectivity index (χ1) is 9.90. The Morgan fingerprint density at radius 2 is 1.86 bits per heavy atom. The van der Waals surface area contributed by atoms with Crippen LogP contribution in [-0.2, 0) is 0 Å². The SMILES string of the molecule is CC(C)CNC(C)c1nnnn1-c1cc(Cl)c(F)c(Cl)c1. The summed E-state index contributed by atoms with van der Waals surface area (Å²) in [7, 11) is 0. The standard InChI is InChI=1S/C13H16Cl2FN5/c1-7(2)6-17-8(3)13-18-19-20-21(13)9-4-10(14)12(16)11(15)5-9/h4-5,7-8,17H,6H2,1-3H3. The van der Waals surface area contributed by atoms with Gasteiger partial charge in [0.25, 0.3) is 0 Å². The van der Waals surface area contributed by atoms with Gasteiger partial charge in [0.05, 0.1) is 21.8 Å². The van der Waals surface area contributed by atoms with Crippen LogP contribution in [-0.4, -0.2) is 26.8 Å². The van der Waals surface area contributed by atoms with Gasteiger partial charge in [0.2, 0.25) is 0 Å². The quantitative estimate of drug-likeness (QED) is 0.853. The Bertz CT molecular complexity index is 606. The summed E-state index contributed by atoms with van der Waals surface area (Å²) >= 11 is 11.6. The van der Waals surface area contributed by atoms with E-state index in [2.05, 4.69) is 34.7 Å². The van der Waals surface area contributed by atoms with Crippen molar-refractivity contribution in [2.24, 2.45) is 5.92 Å². The van der Waals surface area contributed by atoms with Gasteiger partial charge in [0.1, 0.15) is 0 Å². The number of tetrazole rings is 1. The lowest BCUT2D eigenvalue weighted by Gasteiger charge is -2.15. The fourth-order valence-electron chi connectivity index (χ4n) is 1.82. The molecule has 0 aliphatic rings. The van der Waals surface area contributed by atoms with Crippen molar-refractivity contribution in [2.75, 3.05) is 6.54 Å². The van der Waals surface area contributed by atoms with Crippen molar-refractivity contribution in [1.82, 2.24) is 25.5 Å². The molecule has 0 saturated heterocycles. The average molecular weight is 332 g/mol. The van der Waals surface area contributed by atoms with Gasteiger partial charge in [-0.25, -0.2) is 4.39 Å². The van der Waals surface area contributed by atoms with E-state index in [4.69, 9.17) is 23.2 Å². The van der Waals surface area contributed by atoms with Crippen molar-refractivity contribution >= 4 is 23.2 Å². The minimum Gasteiger partial charge on any atom is -0.307 e. The molecule has 0 fully saturated rings. The molecular formula is C13H16Cl2FN5. The van der Waals surface area contributed by atoms with Gasteiger partial charge >= 0.3 is 0 Å². The van der Waals surface area contributed by atoms with Crippen LogP contribution < -0.4 is 5.32 Å². The van der Waals surface area contributed by atoms with Crippen LogP contribution >= 0.6 is 23.2 Å². The minimum atomic E-state index is -0.650. The molecule has 8 heteroatoms. The van der Waals surface area contributed by atoms with Crippen LogP contribution in [0.2, 0.25) is 10.0 Å². The molecule has 1 aromatic heterocycles. The van der Waals surface area contributed by atoms with Crippen LogP contribution in [0.4, 0.5) is 4.39 Å². The summed E-state index contributed by atoms with van der Waals surface area (Å²) in [4.78, 5) is 0.